The number of hydrogen-bond donors (Lipinski definition) is 2. The summed E-state index contributed by atoms with van der Waals surface area (Å²) in [6.45, 7) is 0.883. The van der Waals surface area contributed by atoms with Crippen LogP contribution in [0.25, 0.3) is 0 Å². The molecule has 1 aliphatic heterocycles. The number of likely N-dealkylation sites (tertiary alicyclic amines) is 1. The smallest absolute Gasteiger partial charge is 0.251 e. The van der Waals surface area contributed by atoms with E-state index >= 15 is 0 Å². The van der Waals surface area contributed by atoms with Gasteiger partial charge in [-0.25, -0.2) is 0 Å². The quantitative estimate of drug-likeness (QED) is 0.813. The summed E-state index contributed by atoms with van der Waals surface area (Å²) in [4.78, 5) is 24.9. The Morgan fingerprint density at radius 3 is 2.79 bits per heavy atom. The minimum atomic E-state index is -0.361. The second kappa shape index (κ2) is 5.84. The van der Waals surface area contributed by atoms with Crippen LogP contribution in [0.2, 0.25) is 0 Å². The van der Waals surface area contributed by atoms with E-state index in [4.69, 9.17) is 5.11 Å². The van der Waals surface area contributed by atoms with E-state index in [0.29, 0.717) is 31.5 Å². The van der Waals surface area contributed by atoms with Crippen molar-refractivity contribution < 1.29 is 14.7 Å². The third-order valence-corrected chi connectivity index (χ3v) is 3.26. The van der Waals surface area contributed by atoms with Crippen LogP contribution in [0.4, 0.5) is 0 Å². The lowest BCUT2D eigenvalue weighted by molar-refractivity contribution is -0.141. The van der Waals surface area contributed by atoms with Crippen LogP contribution < -0.4 is 5.32 Å². The first-order valence-electron chi connectivity index (χ1n) is 6.37. The molecule has 2 rings (SSSR count). The van der Waals surface area contributed by atoms with E-state index in [1.54, 1.807) is 24.1 Å². The molecule has 0 aromatic heterocycles. The standard InChI is InChI=1S/C14H18N2O3/c1-15-14(19)11-4-2-3-10(7-11)5-6-13(18)16-8-12(17)9-16/h2-4,7,12,17H,5-6,8-9H2,1H3,(H,15,19). The number of carbonyl (C=O) groups is 2. The summed E-state index contributed by atoms with van der Waals surface area (Å²) in [6.07, 6.45) is 0.653. The first-order valence-corrected chi connectivity index (χ1v) is 6.37. The van der Waals surface area contributed by atoms with Gasteiger partial charge in [0.2, 0.25) is 5.91 Å². The highest BCUT2D eigenvalue weighted by atomic mass is 16.3. The average Bonchev–Trinajstić information content (AvgIpc) is 2.40. The van der Waals surface area contributed by atoms with Gasteiger partial charge in [0.25, 0.3) is 5.91 Å². The van der Waals surface area contributed by atoms with Crippen LogP contribution in [0.15, 0.2) is 24.3 Å². The number of aryl methyl sites for hydroxylation is 1. The minimum Gasteiger partial charge on any atom is -0.389 e. The van der Waals surface area contributed by atoms with Crippen LogP contribution in [0.3, 0.4) is 0 Å². The molecule has 1 saturated heterocycles. The monoisotopic (exact) mass is 262 g/mol. The van der Waals surface area contributed by atoms with Gasteiger partial charge in [0.05, 0.1) is 6.10 Å². The van der Waals surface area contributed by atoms with Crippen LogP contribution >= 0.6 is 0 Å². The van der Waals surface area contributed by atoms with Gasteiger partial charge in [-0.15, -0.1) is 0 Å². The predicted molar refractivity (Wildman–Crippen MR) is 70.7 cm³/mol. The van der Waals surface area contributed by atoms with Crippen molar-refractivity contribution in [3.05, 3.63) is 35.4 Å². The van der Waals surface area contributed by atoms with Gasteiger partial charge in [0.15, 0.2) is 0 Å². The van der Waals surface area contributed by atoms with Crippen LogP contribution in [0, 0.1) is 0 Å². The number of rotatable bonds is 4. The SMILES string of the molecule is CNC(=O)c1cccc(CCC(=O)N2CC(O)C2)c1. The van der Waals surface area contributed by atoms with E-state index in [-0.39, 0.29) is 17.9 Å². The fourth-order valence-corrected chi connectivity index (χ4v) is 2.08. The van der Waals surface area contributed by atoms with Gasteiger partial charge in [-0.05, 0) is 24.1 Å². The summed E-state index contributed by atoms with van der Waals surface area (Å²) >= 11 is 0. The highest BCUT2D eigenvalue weighted by Crippen LogP contribution is 2.12. The Hall–Kier alpha value is -1.88. The van der Waals surface area contributed by atoms with E-state index in [9.17, 15) is 9.59 Å². The molecule has 2 N–H and O–H groups in total. The van der Waals surface area contributed by atoms with Gasteiger partial charge in [0, 0.05) is 32.1 Å². The Kier molecular flexibility index (Phi) is 4.16. The maximum atomic E-state index is 11.8. The van der Waals surface area contributed by atoms with Gasteiger partial charge < -0.3 is 15.3 Å². The van der Waals surface area contributed by atoms with E-state index in [0.717, 1.165) is 5.56 Å². The summed E-state index contributed by atoms with van der Waals surface area (Å²) in [6, 6.07) is 7.27. The van der Waals surface area contributed by atoms with Crippen molar-refractivity contribution in [2.75, 3.05) is 20.1 Å². The van der Waals surface area contributed by atoms with Crippen molar-refractivity contribution in [2.24, 2.45) is 0 Å². The van der Waals surface area contributed by atoms with Gasteiger partial charge in [-0.2, -0.15) is 0 Å². The molecule has 0 aliphatic carbocycles. The molecule has 0 saturated carbocycles. The summed E-state index contributed by atoms with van der Waals surface area (Å²) < 4.78 is 0. The Labute approximate surface area is 112 Å². The summed E-state index contributed by atoms with van der Waals surface area (Å²) in [5.41, 5.74) is 1.57. The van der Waals surface area contributed by atoms with Crippen LogP contribution in [0.5, 0.6) is 0 Å². The number of β-amino-alcohol motifs (C(OH)–C–C–N with tert-alkyl or cyclic N) is 1. The number of benzene rings is 1. The van der Waals surface area contributed by atoms with Gasteiger partial charge in [-0.3, -0.25) is 9.59 Å². The molecule has 0 atom stereocenters. The Morgan fingerprint density at radius 1 is 1.42 bits per heavy atom. The maximum absolute atomic E-state index is 11.8. The van der Waals surface area contributed by atoms with Gasteiger partial charge >= 0.3 is 0 Å². The highest BCUT2D eigenvalue weighted by Gasteiger charge is 2.28. The number of aliphatic hydroxyl groups is 1. The Balaban J connectivity index is 1.89. The van der Waals surface area contributed by atoms with Crippen LogP contribution in [-0.2, 0) is 11.2 Å². The number of carbonyl (C=O) groups excluding carboxylic acids is 2. The number of aliphatic hydroxyl groups excluding tert-OH is 1. The zero-order valence-corrected chi connectivity index (χ0v) is 10.9. The molecule has 0 bridgehead atoms. The number of nitrogens with one attached hydrogen (secondary N) is 1. The number of amides is 2. The van der Waals surface area contributed by atoms with Crippen molar-refractivity contribution >= 4 is 11.8 Å². The molecule has 2 amide bonds. The second-order valence-electron chi connectivity index (χ2n) is 4.73. The molecule has 1 aromatic carbocycles. The zero-order valence-electron chi connectivity index (χ0n) is 10.9. The van der Waals surface area contributed by atoms with Crippen LogP contribution in [-0.4, -0.2) is 48.1 Å². The van der Waals surface area contributed by atoms with Gasteiger partial charge in [-0.1, -0.05) is 12.1 Å². The molecule has 0 spiro atoms. The lowest BCUT2D eigenvalue weighted by atomic mass is 10.0. The number of hydrogen-bond acceptors (Lipinski definition) is 3. The van der Waals surface area contributed by atoms with Crippen molar-refractivity contribution in [3.8, 4) is 0 Å². The van der Waals surface area contributed by atoms with Crippen molar-refractivity contribution in [2.45, 2.75) is 18.9 Å². The van der Waals surface area contributed by atoms with Crippen molar-refractivity contribution in [1.29, 1.82) is 0 Å². The highest BCUT2D eigenvalue weighted by molar-refractivity contribution is 5.94. The first kappa shape index (κ1) is 13.5. The van der Waals surface area contributed by atoms with E-state index in [1.165, 1.54) is 0 Å². The largest absolute Gasteiger partial charge is 0.389 e. The van der Waals surface area contributed by atoms with E-state index in [2.05, 4.69) is 5.32 Å². The normalized spacial score (nSPS) is 14.9. The fourth-order valence-electron chi connectivity index (χ4n) is 2.08. The molecule has 1 fully saturated rings. The summed E-state index contributed by atoms with van der Waals surface area (Å²) in [5.74, 6) is -0.0744. The van der Waals surface area contributed by atoms with Crippen LogP contribution in [0.1, 0.15) is 22.3 Å². The average molecular weight is 262 g/mol. The van der Waals surface area contributed by atoms with Crippen molar-refractivity contribution in [3.63, 3.8) is 0 Å². The molecule has 1 heterocycles. The van der Waals surface area contributed by atoms with E-state index < -0.39 is 0 Å². The third-order valence-electron chi connectivity index (χ3n) is 3.26. The molecular weight excluding hydrogens is 244 g/mol. The molecule has 102 valence electrons. The van der Waals surface area contributed by atoms with Crippen molar-refractivity contribution in [1.82, 2.24) is 10.2 Å². The third kappa shape index (κ3) is 3.32. The molecule has 1 aliphatic rings. The molecule has 5 heteroatoms. The zero-order chi connectivity index (χ0) is 13.8. The first-order chi connectivity index (χ1) is 9.10. The maximum Gasteiger partial charge on any atom is 0.251 e. The van der Waals surface area contributed by atoms with E-state index in [1.807, 2.05) is 12.1 Å². The molecule has 0 unspecified atom stereocenters. The molecular formula is C14H18N2O3. The Bertz CT molecular complexity index is 481. The lowest BCUT2D eigenvalue weighted by Gasteiger charge is -2.35. The lowest BCUT2D eigenvalue weighted by Crippen LogP contribution is -2.53. The number of nitrogens with zero attached hydrogens (tertiary/aromatic N) is 1. The second-order valence-corrected chi connectivity index (χ2v) is 4.73. The Morgan fingerprint density at radius 2 is 2.16 bits per heavy atom. The fraction of sp³-hybridized carbons (Fsp3) is 0.429. The summed E-state index contributed by atoms with van der Waals surface area (Å²) in [7, 11) is 1.59. The topological polar surface area (TPSA) is 69.6 Å². The molecule has 5 nitrogen and oxygen atoms in total. The molecule has 19 heavy (non-hydrogen) atoms. The molecule has 1 aromatic rings. The minimum absolute atomic E-state index is 0.0515. The van der Waals surface area contributed by atoms with Gasteiger partial charge in [0.1, 0.15) is 0 Å². The molecule has 0 radical (unpaired) electrons. The predicted octanol–water partition coefficient (Wildman–Crippen LogP) is 0.182. The summed E-state index contributed by atoms with van der Waals surface area (Å²) in [5, 5.41) is 11.7.